The fraction of sp³-hybridized carbons (Fsp3) is 0.476. The van der Waals surface area contributed by atoms with Gasteiger partial charge in [-0.2, -0.15) is 0 Å². The number of benzene rings is 1. The number of carbonyl (C=O) groups is 1. The number of nitrogens with one attached hydrogen (secondary N) is 1. The van der Waals surface area contributed by atoms with Gasteiger partial charge in [0.2, 0.25) is 5.95 Å². The summed E-state index contributed by atoms with van der Waals surface area (Å²) in [5.41, 5.74) is 9.95. The van der Waals surface area contributed by atoms with E-state index in [1.165, 1.54) is 0 Å². The van der Waals surface area contributed by atoms with Crippen LogP contribution in [0.15, 0.2) is 12.1 Å². The number of amides is 2. The minimum absolute atomic E-state index is 0.0375. The number of urea groups is 1. The van der Waals surface area contributed by atoms with Crippen LogP contribution in [0.4, 0.5) is 10.7 Å². The Hall–Kier alpha value is -2.58. The van der Waals surface area contributed by atoms with E-state index in [2.05, 4.69) is 15.3 Å². The fourth-order valence-electron chi connectivity index (χ4n) is 3.82. The van der Waals surface area contributed by atoms with Gasteiger partial charge in [0.1, 0.15) is 5.75 Å². The Morgan fingerprint density at radius 1 is 1.37 bits per heavy atom. The van der Waals surface area contributed by atoms with Gasteiger partial charge in [-0.3, -0.25) is 0 Å². The van der Waals surface area contributed by atoms with Crippen molar-refractivity contribution < 1.29 is 14.6 Å². The molecule has 0 radical (unpaired) electrons. The lowest BCUT2D eigenvalue weighted by molar-refractivity contribution is 0.186. The zero-order chi connectivity index (χ0) is 21.3. The van der Waals surface area contributed by atoms with E-state index in [9.17, 15) is 4.79 Å². The zero-order valence-electron chi connectivity index (χ0n) is 16.9. The first-order valence-electron chi connectivity index (χ1n) is 10.2. The summed E-state index contributed by atoms with van der Waals surface area (Å²) >= 11 is 6.26. The molecule has 2 heterocycles. The number of aliphatic hydroxyl groups excluding tert-OH is 1. The Bertz CT molecular complexity index is 964. The molecule has 30 heavy (non-hydrogen) atoms. The predicted octanol–water partition coefficient (Wildman–Crippen LogP) is 3.03. The number of rotatable bonds is 6. The lowest BCUT2D eigenvalue weighted by Gasteiger charge is -2.28. The summed E-state index contributed by atoms with van der Waals surface area (Å²) < 4.78 is 5.90. The van der Waals surface area contributed by atoms with Crippen molar-refractivity contribution in [3.8, 4) is 17.0 Å². The van der Waals surface area contributed by atoms with Crippen molar-refractivity contribution in [2.24, 2.45) is 0 Å². The predicted molar refractivity (Wildman–Crippen MR) is 114 cm³/mol. The monoisotopic (exact) mass is 431 g/mol. The van der Waals surface area contributed by atoms with Crippen molar-refractivity contribution in [1.82, 2.24) is 20.2 Å². The third-order valence-corrected chi connectivity index (χ3v) is 5.80. The number of nitrogens with zero attached hydrogens (tertiary/aromatic N) is 3. The molecule has 1 aliphatic carbocycles. The fourth-order valence-corrected chi connectivity index (χ4v) is 4.08. The number of nitrogen functional groups attached to an aromatic ring is 1. The molecular weight excluding hydrogens is 406 g/mol. The Labute approximate surface area is 180 Å². The number of fused-ring (bicyclic) bond motifs is 1. The molecule has 2 aliphatic rings. The van der Waals surface area contributed by atoms with Crippen molar-refractivity contribution in [1.29, 1.82) is 0 Å². The molecular formula is C21H26ClN5O3. The van der Waals surface area contributed by atoms with Crippen molar-refractivity contribution >= 4 is 23.6 Å². The summed E-state index contributed by atoms with van der Waals surface area (Å²) in [6, 6.07) is 3.76. The number of aliphatic hydroxyl groups is 1. The van der Waals surface area contributed by atoms with E-state index in [-0.39, 0.29) is 24.6 Å². The van der Waals surface area contributed by atoms with Gasteiger partial charge < -0.3 is 25.8 Å². The Morgan fingerprint density at radius 2 is 2.17 bits per heavy atom. The van der Waals surface area contributed by atoms with Gasteiger partial charge >= 0.3 is 6.03 Å². The second-order valence-electron chi connectivity index (χ2n) is 7.81. The first-order valence-corrected chi connectivity index (χ1v) is 10.6. The minimum atomic E-state index is -0.0885. The van der Waals surface area contributed by atoms with Gasteiger partial charge in [0.05, 0.1) is 31.1 Å². The molecule has 1 aromatic carbocycles. The maximum Gasteiger partial charge on any atom is 0.318 e. The van der Waals surface area contributed by atoms with Crippen LogP contribution in [0.2, 0.25) is 5.02 Å². The molecule has 1 saturated carbocycles. The number of aryl methyl sites for hydroxylation is 1. The van der Waals surface area contributed by atoms with Crippen LogP contribution in [-0.2, 0) is 13.1 Å². The van der Waals surface area contributed by atoms with Crippen LogP contribution in [0.1, 0.15) is 42.5 Å². The van der Waals surface area contributed by atoms with Gasteiger partial charge in [-0.05, 0) is 43.9 Å². The summed E-state index contributed by atoms with van der Waals surface area (Å²) in [5, 5.41) is 12.7. The van der Waals surface area contributed by atoms with Crippen LogP contribution in [0.25, 0.3) is 11.3 Å². The van der Waals surface area contributed by atoms with Crippen LogP contribution in [0.5, 0.6) is 5.75 Å². The van der Waals surface area contributed by atoms with Gasteiger partial charge in [-0.25, -0.2) is 14.8 Å². The van der Waals surface area contributed by atoms with Crippen molar-refractivity contribution in [2.75, 3.05) is 18.9 Å². The molecule has 0 bridgehead atoms. The maximum atomic E-state index is 12.7. The van der Waals surface area contributed by atoms with Crippen LogP contribution < -0.4 is 15.8 Å². The number of aromatic nitrogens is 2. The number of hydrogen-bond acceptors (Lipinski definition) is 6. The molecule has 0 unspecified atom stereocenters. The minimum Gasteiger partial charge on any atom is -0.493 e. The number of halogens is 1. The molecule has 1 aromatic heterocycles. The quantitative estimate of drug-likeness (QED) is 0.606. The summed E-state index contributed by atoms with van der Waals surface area (Å²) in [7, 11) is 0. The molecule has 1 fully saturated rings. The zero-order valence-corrected chi connectivity index (χ0v) is 17.7. The van der Waals surface area contributed by atoms with Gasteiger partial charge in [-0.1, -0.05) is 11.6 Å². The Kier molecular flexibility index (Phi) is 5.97. The first-order chi connectivity index (χ1) is 14.5. The highest BCUT2D eigenvalue weighted by atomic mass is 35.5. The molecule has 4 rings (SSSR count). The van der Waals surface area contributed by atoms with E-state index < -0.39 is 0 Å². The van der Waals surface area contributed by atoms with Crippen molar-refractivity contribution in [3.63, 3.8) is 0 Å². The van der Waals surface area contributed by atoms with E-state index in [0.717, 1.165) is 41.6 Å². The number of nitrogens with two attached hydrogens (primary N) is 1. The highest BCUT2D eigenvalue weighted by Gasteiger charge is 2.31. The summed E-state index contributed by atoms with van der Waals surface area (Å²) in [4.78, 5) is 23.3. The van der Waals surface area contributed by atoms with Crippen molar-refractivity contribution in [2.45, 2.75) is 51.7 Å². The molecule has 0 atom stereocenters. The third-order valence-electron chi connectivity index (χ3n) is 5.58. The normalized spacial score (nSPS) is 15.6. The molecule has 0 saturated heterocycles. The van der Waals surface area contributed by atoms with E-state index in [0.29, 0.717) is 42.6 Å². The standard InChI is InChI=1S/C21H26ClN5O3/c1-12-8-13(22)9-17(30-7-3-6-28)18(12)19-15-10-27(11-16(15)25-20(23)26-19)21(29)24-14-4-2-5-14/h8-9,14,28H,2-7,10-11H2,1H3,(H,24,29)(H2,23,25,26). The molecule has 1 aliphatic heterocycles. The summed E-state index contributed by atoms with van der Waals surface area (Å²) in [6.45, 7) is 3.11. The van der Waals surface area contributed by atoms with E-state index in [1.54, 1.807) is 11.0 Å². The third kappa shape index (κ3) is 4.15. The van der Waals surface area contributed by atoms with Crippen LogP contribution in [0.3, 0.4) is 0 Å². The van der Waals surface area contributed by atoms with Gasteiger partial charge in [-0.15, -0.1) is 0 Å². The van der Waals surface area contributed by atoms with Crippen LogP contribution in [-0.4, -0.2) is 45.3 Å². The van der Waals surface area contributed by atoms with E-state index in [4.69, 9.17) is 27.2 Å². The highest BCUT2D eigenvalue weighted by Crippen LogP contribution is 2.40. The molecule has 2 aromatic rings. The number of ether oxygens (including phenoxy) is 1. The second kappa shape index (κ2) is 8.65. The molecule has 9 heteroatoms. The number of anilines is 1. The van der Waals surface area contributed by atoms with Gasteiger partial charge in [0.15, 0.2) is 0 Å². The molecule has 8 nitrogen and oxygen atoms in total. The topological polar surface area (TPSA) is 114 Å². The first kappa shape index (κ1) is 20.7. The lowest BCUT2D eigenvalue weighted by atomic mass is 9.93. The molecule has 2 amide bonds. The molecule has 4 N–H and O–H groups in total. The van der Waals surface area contributed by atoms with Gasteiger partial charge in [0.25, 0.3) is 0 Å². The maximum absolute atomic E-state index is 12.7. The lowest BCUT2D eigenvalue weighted by Crippen LogP contribution is -2.45. The van der Waals surface area contributed by atoms with Crippen LogP contribution in [0, 0.1) is 6.92 Å². The highest BCUT2D eigenvalue weighted by molar-refractivity contribution is 6.31. The Balaban J connectivity index is 1.68. The second-order valence-corrected chi connectivity index (χ2v) is 8.25. The van der Waals surface area contributed by atoms with Crippen molar-refractivity contribution in [3.05, 3.63) is 34.0 Å². The summed E-state index contributed by atoms with van der Waals surface area (Å²) in [5.74, 6) is 0.728. The van der Waals surface area contributed by atoms with E-state index in [1.807, 2.05) is 13.0 Å². The van der Waals surface area contributed by atoms with Gasteiger partial charge in [0, 0.05) is 35.2 Å². The number of carbonyl (C=O) groups excluding carboxylic acids is 1. The largest absolute Gasteiger partial charge is 0.493 e. The molecule has 160 valence electrons. The average molecular weight is 432 g/mol. The average Bonchev–Trinajstić information content (AvgIpc) is 3.08. The smallest absolute Gasteiger partial charge is 0.318 e. The van der Waals surface area contributed by atoms with Crippen LogP contribution >= 0.6 is 11.6 Å². The molecule has 0 spiro atoms. The Morgan fingerprint density at radius 3 is 2.87 bits per heavy atom. The van der Waals surface area contributed by atoms with E-state index >= 15 is 0 Å². The SMILES string of the molecule is Cc1cc(Cl)cc(OCCCO)c1-c1nc(N)nc2c1CN(C(=O)NC1CCC1)C2. The summed E-state index contributed by atoms with van der Waals surface area (Å²) in [6.07, 6.45) is 3.72. The number of hydrogen-bond donors (Lipinski definition) is 3.